The molecule has 0 unspecified atom stereocenters. The number of rotatable bonds is 5. The zero-order chi connectivity index (χ0) is 13.8. The fourth-order valence-corrected chi connectivity index (χ4v) is 1.81. The van der Waals surface area contributed by atoms with Gasteiger partial charge < -0.3 is 9.88 Å². The average Bonchev–Trinajstić information content (AvgIpc) is 2.76. The molecule has 6 nitrogen and oxygen atoms in total. The third kappa shape index (κ3) is 3.35. The lowest BCUT2D eigenvalue weighted by molar-refractivity contribution is -0.385. The molecule has 0 amide bonds. The third-order valence-electron chi connectivity index (χ3n) is 2.56. The van der Waals surface area contributed by atoms with Crippen molar-refractivity contribution in [3.63, 3.8) is 0 Å². The molecule has 1 aromatic heterocycles. The lowest BCUT2D eigenvalue weighted by Crippen LogP contribution is -2.05. The Morgan fingerprint density at radius 1 is 1.47 bits per heavy atom. The molecule has 2 rings (SSSR count). The molecule has 2 aromatic rings. The minimum absolute atomic E-state index is 0.245. The van der Waals surface area contributed by atoms with Crippen LogP contribution in [0.5, 0.6) is 0 Å². The van der Waals surface area contributed by atoms with Crippen LogP contribution in [0.1, 0.15) is 11.3 Å². The van der Waals surface area contributed by atoms with Gasteiger partial charge in [-0.3, -0.25) is 10.1 Å². The van der Waals surface area contributed by atoms with Gasteiger partial charge in [-0.1, -0.05) is 0 Å². The molecule has 7 heteroatoms. The van der Waals surface area contributed by atoms with Crippen LogP contribution in [0.2, 0.25) is 0 Å². The monoisotopic (exact) mass is 264 g/mol. The molecule has 1 N–H and O–H groups in total. The van der Waals surface area contributed by atoms with Gasteiger partial charge in [0.05, 0.1) is 23.0 Å². The number of nitrogens with one attached hydrogen (secondary N) is 1. The highest BCUT2D eigenvalue weighted by Crippen LogP contribution is 2.17. The number of nitrogens with zero attached hydrogens (tertiary/aromatic N) is 3. The predicted molar refractivity (Wildman–Crippen MR) is 67.1 cm³/mol. The molecule has 0 aliphatic rings. The van der Waals surface area contributed by atoms with Crippen molar-refractivity contribution in [3.05, 3.63) is 57.9 Å². The van der Waals surface area contributed by atoms with E-state index in [-0.39, 0.29) is 5.69 Å². The molecule has 0 spiro atoms. The van der Waals surface area contributed by atoms with Crippen LogP contribution in [0, 0.1) is 15.9 Å². The van der Waals surface area contributed by atoms with Crippen LogP contribution in [-0.4, -0.2) is 21.5 Å². The van der Waals surface area contributed by atoms with Gasteiger partial charge in [-0.05, 0) is 18.7 Å². The molecule has 0 saturated heterocycles. The predicted octanol–water partition coefficient (Wildman–Crippen LogP) is 1.70. The fourth-order valence-electron chi connectivity index (χ4n) is 1.81. The highest BCUT2D eigenvalue weighted by atomic mass is 19.1. The minimum atomic E-state index is -0.611. The Morgan fingerprint density at radius 2 is 2.26 bits per heavy atom. The molecule has 100 valence electrons. The summed E-state index contributed by atoms with van der Waals surface area (Å²) < 4.78 is 15.0. The summed E-state index contributed by atoms with van der Waals surface area (Å²) in [5.74, 6) is -0.611. The van der Waals surface area contributed by atoms with Crippen LogP contribution in [0.4, 0.5) is 10.1 Å². The molecule has 0 radical (unpaired) electrons. The standard InChI is InChI=1S/C12H13FN4O2/c1-14-5-11-7-16(8-15-11)6-9-2-10(13)4-12(3-9)17(18)19/h2-4,7-8,14H,5-6H2,1H3. The van der Waals surface area contributed by atoms with Gasteiger partial charge in [0, 0.05) is 25.4 Å². The van der Waals surface area contributed by atoms with E-state index >= 15 is 0 Å². The highest BCUT2D eigenvalue weighted by Gasteiger charge is 2.10. The lowest BCUT2D eigenvalue weighted by atomic mass is 10.2. The van der Waals surface area contributed by atoms with Gasteiger partial charge in [0.1, 0.15) is 5.82 Å². The summed E-state index contributed by atoms with van der Waals surface area (Å²) in [5, 5.41) is 13.6. The van der Waals surface area contributed by atoms with Crippen LogP contribution in [-0.2, 0) is 13.1 Å². The van der Waals surface area contributed by atoms with Crippen LogP contribution in [0.15, 0.2) is 30.7 Å². The summed E-state index contributed by atoms with van der Waals surface area (Å²) in [5.41, 5.74) is 1.14. The van der Waals surface area contributed by atoms with Gasteiger partial charge in [-0.15, -0.1) is 0 Å². The van der Waals surface area contributed by atoms with E-state index in [2.05, 4.69) is 10.3 Å². The smallest absolute Gasteiger partial charge is 0.272 e. The van der Waals surface area contributed by atoms with Gasteiger partial charge in [-0.25, -0.2) is 9.37 Å². The molecule has 19 heavy (non-hydrogen) atoms. The lowest BCUT2D eigenvalue weighted by Gasteiger charge is -2.03. The molecular weight excluding hydrogens is 251 g/mol. The quantitative estimate of drug-likeness (QED) is 0.659. The van der Waals surface area contributed by atoms with E-state index < -0.39 is 10.7 Å². The zero-order valence-electron chi connectivity index (χ0n) is 10.3. The SMILES string of the molecule is CNCc1cn(Cc2cc(F)cc([N+](=O)[O-])c2)cn1. The summed E-state index contributed by atoms with van der Waals surface area (Å²) >= 11 is 0. The second-order valence-electron chi connectivity index (χ2n) is 4.14. The summed E-state index contributed by atoms with van der Waals surface area (Å²) in [6.07, 6.45) is 3.43. The summed E-state index contributed by atoms with van der Waals surface area (Å²) in [6.45, 7) is 0.978. The van der Waals surface area contributed by atoms with E-state index in [1.807, 2.05) is 13.2 Å². The highest BCUT2D eigenvalue weighted by molar-refractivity contribution is 5.35. The maximum Gasteiger partial charge on any atom is 0.272 e. The van der Waals surface area contributed by atoms with E-state index in [0.717, 1.165) is 11.8 Å². The van der Waals surface area contributed by atoms with E-state index in [1.165, 1.54) is 12.1 Å². The summed E-state index contributed by atoms with van der Waals surface area (Å²) in [6, 6.07) is 3.55. The van der Waals surface area contributed by atoms with Crippen molar-refractivity contribution in [2.24, 2.45) is 0 Å². The van der Waals surface area contributed by atoms with Crippen molar-refractivity contribution < 1.29 is 9.31 Å². The molecule has 0 fully saturated rings. The number of benzene rings is 1. The van der Waals surface area contributed by atoms with Crippen molar-refractivity contribution in [1.29, 1.82) is 0 Å². The Bertz CT molecular complexity index is 597. The molecule has 1 heterocycles. The van der Waals surface area contributed by atoms with Crippen molar-refractivity contribution in [3.8, 4) is 0 Å². The average molecular weight is 264 g/mol. The number of halogens is 1. The van der Waals surface area contributed by atoms with Crippen LogP contribution < -0.4 is 5.32 Å². The van der Waals surface area contributed by atoms with Gasteiger partial charge in [0.25, 0.3) is 5.69 Å². The first-order chi connectivity index (χ1) is 9.08. The molecule has 0 aliphatic carbocycles. The second kappa shape index (κ2) is 5.57. The summed E-state index contributed by atoms with van der Waals surface area (Å²) in [4.78, 5) is 14.2. The molecule has 0 aliphatic heterocycles. The number of imidazole rings is 1. The largest absolute Gasteiger partial charge is 0.333 e. The number of nitro groups is 1. The molecule has 1 aromatic carbocycles. The normalized spacial score (nSPS) is 10.6. The number of nitro benzene ring substituents is 1. The van der Waals surface area contributed by atoms with Crippen LogP contribution in [0.25, 0.3) is 0 Å². The fraction of sp³-hybridized carbons (Fsp3) is 0.250. The zero-order valence-corrected chi connectivity index (χ0v) is 10.3. The van der Waals surface area contributed by atoms with Crippen molar-refractivity contribution >= 4 is 5.69 Å². The number of non-ortho nitro benzene ring substituents is 1. The first kappa shape index (κ1) is 13.2. The van der Waals surface area contributed by atoms with Crippen molar-refractivity contribution in [1.82, 2.24) is 14.9 Å². The topological polar surface area (TPSA) is 73.0 Å². The number of hydrogen-bond acceptors (Lipinski definition) is 4. The maximum atomic E-state index is 13.3. The third-order valence-corrected chi connectivity index (χ3v) is 2.56. The Kier molecular flexibility index (Phi) is 3.86. The van der Waals surface area contributed by atoms with E-state index in [4.69, 9.17) is 0 Å². The maximum absolute atomic E-state index is 13.3. The Hall–Kier alpha value is -2.28. The first-order valence-corrected chi connectivity index (χ1v) is 5.67. The Morgan fingerprint density at radius 3 is 2.95 bits per heavy atom. The van der Waals surface area contributed by atoms with Gasteiger partial charge in [0.2, 0.25) is 0 Å². The Labute approximate surface area is 109 Å². The van der Waals surface area contributed by atoms with Gasteiger partial charge >= 0.3 is 0 Å². The van der Waals surface area contributed by atoms with Crippen molar-refractivity contribution in [2.75, 3.05) is 7.05 Å². The van der Waals surface area contributed by atoms with E-state index in [9.17, 15) is 14.5 Å². The number of aromatic nitrogens is 2. The van der Waals surface area contributed by atoms with E-state index in [1.54, 1.807) is 10.9 Å². The second-order valence-corrected chi connectivity index (χ2v) is 4.14. The molecule has 0 atom stereocenters. The number of hydrogen-bond donors (Lipinski definition) is 1. The van der Waals surface area contributed by atoms with E-state index in [0.29, 0.717) is 18.7 Å². The van der Waals surface area contributed by atoms with Crippen LogP contribution in [0.3, 0.4) is 0 Å². The van der Waals surface area contributed by atoms with Crippen molar-refractivity contribution in [2.45, 2.75) is 13.1 Å². The first-order valence-electron chi connectivity index (χ1n) is 5.67. The Balaban J connectivity index is 2.19. The molecular formula is C12H13FN4O2. The molecule has 0 bridgehead atoms. The van der Waals surface area contributed by atoms with Gasteiger partial charge in [0.15, 0.2) is 0 Å². The minimum Gasteiger partial charge on any atom is -0.333 e. The van der Waals surface area contributed by atoms with Crippen LogP contribution >= 0.6 is 0 Å². The summed E-state index contributed by atoms with van der Waals surface area (Å²) in [7, 11) is 1.81. The molecule has 0 saturated carbocycles. The van der Waals surface area contributed by atoms with Gasteiger partial charge in [-0.2, -0.15) is 0 Å².